The maximum atomic E-state index is 11.2. The number of nitrogens with zero attached hydrogens (tertiary/aromatic N) is 2. The van der Waals surface area contributed by atoms with Gasteiger partial charge in [0, 0.05) is 13.0 Å². The summed E-state index contributed by atoms with van der Waals surface area (Å²) in [7, 11) is 0. The molecule has 13 heavy (non-hydrogen) atoms. The Morgan fingerprint density at radius 3 is 2.15 bits per heavy atom. The Bertz CT molecular complexity index is 186. The fourth-order valence-corrected chi connectivity index (χ4v) is 1.04. The minimum atomic E-state index is -0.0885. The van der Waals surface area contributed by atoms with Gasteiger partial charge in [0.05, 0.1) is 0 Å². The van der Waals surface area contributed by atoms with E-state index in [1.165, 1.54) is 0 Å². The summed E-state index contributed by atoms with van der Waals surface area (Å²) in [6, 6.07) is 0. The average Bonchev–Trinajstić information content (AvgIpc) is 2.19. The van der Waals surface area contributed by atoms with E-state index in [2.05, 4.69) is 5.16 Å². The molecule has 0 fully saturated rings. The summed E-state index contributed by atoms with van der Waals surface area (Å²) < 4.78 is 0. The van der Waals surface area contributed by atoms with E-state index in [-0.39, 0.29) is 11.5 Å². The highest BCUT2D eigenvalue weighted by Crippen LogP contribution is 1.93. The largest absolute Gasteiger partial charge is 0.411 e. The number of Topliss-reactive ketones (excluding diaryl/α,β-unsaturated/α-hetero) is 1. The summed E-state index contributed by atoms with van der Waals surface area (Å²) in [5, 5.41) is 11.6. The molecule has 4 heteroatoms. The highest BCUT2D eigenvalue weighted by molar-refractivity contribution is 6.40. The Hall–Kier alpha value is -0.900. The highest BCUT2D eigenvalue weighted by Gasteiger charge is 2.12. The van der Waals surface area contributed by atoms with Crippen molar-refractivity contribution in [2.75, 3.05) is 19.6 Å². The van der Waals surface area contributed by atoms with Crippen molar-refractivity contribution in [2.24, 2.45) is 5.16 Å². The number of hydrogen-bond acceptors (Lipinski definition) is 4. The molecule has 0 aliphatic rings. The Labute approximate surface area is 79.2 Å². The monoisotopic (exact) mass is 186 g/mol. The number of carbonyl (C=O) groups is 1. The fourth-order valence-electron chi connectivity index (χ4n) is 1.04. The summed E-state index contributed by atoms with van der Waals surface area (Å²) in [5.41, 5.74) is 0.256. The Morgan fingerprint density at radius 2 is 1.85 bits per heavy atom. The van der Waals surface area contributed by atoms with Crippen LogP contribution in [0.25, 0.3) is 0 Å². The Morgan fingerprint density at radius 1 is 1.31 bits per heavy atom. The SMILES string of the molecule is CCC(=O)C(CN(CC)CC)=NO. The molecule has 0 bridgehead atoms. The lowest BCUT2D eigenvalue weighted by molar-refractivity contribution is -0.113. The van der Waals surface area contributed by atoms with E-state index in [1.807, 2.05) is 18.7 Å². The molecule has 0 saturated carbocycles. The van der Waals surface area contributed by atoms with Crippen molar-refractivity contribution in [3.63, 3.8) is 0 Å². The number of carbonyl (C=O) groups excluding carboxylic acids is 1. The summed E-state index contributed by atoms with van der Waals surface area (Å²) >= 11 is 0. The molecule has 76 valence electrons. The zero-order valence-corrected chi connectivity index (χ0v) is 8.58. The third kappa shape index (κ3) is 4.03. The van der Waals surface area contributed by atoms with Crippen molar-refractivity contribution in [3.05, 3.63) is 0 Å². The standard InChI is InChI=1S/C9H18N2O2/c1-4-9(12)8(10-13)7-11(5-2)6-3/h13H,4-7H2,1-3H3. The van der Waals surface area contributed by atoms with Gasteiger partial charge in [0.25, 0.3) is 0 Å². The first kappa shape index (κ1) is 12.1. The van der Waals surface area contributed by atoms with Gasteiger partial charge in [-0.2, -0.15) is 0 Å². The lowest BCUT2D eigenvalue weighted by Crippen LogP contribution is -2.33. The summed E-state index contributed by atoms with van der Waals surface area (Å²) in [6.45, 7) is 7.93. The summed E-state index contributed by atoms with van der Waals surface area (Å²) in [6.07, 6.45) is 0.390. The average molecular weight is 186 g/mol. The van der Waals surface area contributed by atoms with Crippen LogP contribution in [0.2, 0.25) is 0 Å². The van der Waals surface area contributed by atoms with Gasteiger partial charge >= 0.3 is 0 Å². The zero-order valence-electron chi connectivity index (χ0n) is 8.58. The Kier molecular flexibility index (Phi) is 6.14. The van der Waals surface area contributed by atoms with Crippen molar-refractivity contribution in [2.45, 2.75) is 27.2 Å². The van der Waals surface area contributed by atoms with Crippen molar-refractivity contribution < 1.29 is 10.0 Å². The minimum absolute atomic E-state index is 0.0885. The molecule has 0 aromatic heterocycles. The molecule has 0 rings (SSSR count). The van der Waals surface area contributed by atoms with Crippen LogP contribution in [0.15, 0.2) is 5.16 Å². The molecule has 0 saturated heterocycles. The number of ketones is 1. The molecule has 0 aliphatic heterocycles. The van der Waals surface area contributed by atoms with Gasteiger partial charge in [0.15, 0.2) is 5.78 Å². The van der Waals surface area contributed by atoms with E-state index in [9.17, 15) is 4.79 Å². The Balaban J connectivity index is 4.20. The van der Waals surface area contributed by atoms with Crippen LogP contribution in [0.4, 0.5) is 0 Å². The maximum absolute atomic E-state index is 11.2. The van der Waals surface area contributed by atoms with E-state index in [1.54, 1.807) is 6.92 Å². The fraction of sp³-hybridized carbons (Fsp3) is 0.778. The quantitative estimate of drug-likeness (QED) is 0.384. The van der Waals surface area contributed by atoms with E-state index in [4.69, 9.17) is 5.21 Å². The van der Waals surface area contributed by atoms with Gasteiger partial charge in [-0.1, -0.05) is 25.9 Å². The van der Waals surface area contributed by atoms with Crippen molar-refractivity contribution in [1.29, 1.82) is 0 Å². The van der Waals surface area contributed by atoms with E-state index in [0.29, 0.717) is 13.0 Å². The molecule has 0 heterocycles. The molecular formula is C9H18N2O2. The van der Waals surface area contributed by atoms with Gasteiger partial charge in [0.2, 0.25) is 0 Å². The highest BCUT2D eigenvalue weighted by atomic mass is 16.4. The van der Waals surface area contributed by atoms with Crippen molar-refractivity contribution in [1.82, 2.24) is 4.90 Å². The minimum Gasteiger partial charge on any atom is -0.411 e. The molecule has 1 N–H and O–H groups in total. The normalized spacial score (nSPS) is 12.2. The second-order valence-electron chi connectivity index (χ2n) is 2.78. The topological polar surface area (TPSA) is 52.9 Å². The van der Waals surface area contributed by atoms with E-state index >= 15 is 0 Å². The summed E-state index contributed by atoms with van der Waals surface area (Å²) in [4.78, 5) is 13.2. The summed E-state index contributed by atoms with van der Waals surface area (Å²) in [5.74, 6) is -0.0885. The predicted molar refractivity (Wildman–Crippen MR) is 52.3 cm³/mol. The first-order chi connectivity index (χ1) is 6.19. The maximum Gasteiger partial charge on any atom is 0.181 e. The van der Waals surface area contributed by atoms with Gasteiger partial charge in [-0.3, -0.25) is 9.69 Å². The molecule has 0 unspecified atom stereocenters. The van der Waals surface area contributed by atoms with Gasteiger partial charge in [-0.15, -0.1) is 0 Å². The van der Waals surface area contributed by atoms with E-state index < -0.39 is 0 Å². The molecule has 0 aromatic carbocycles. The van der Waals surface area contributed by atoms with Crippen molar-refractivity contribution in [3.8, 4) is 0 Å². The smallest absolute Gasteiger partial charge is 0.181 e. The lowest BCUT2D eigenvalue weighted by atomic mass is 10.2. The van der Waals surface area contributed by atoms with Crippen LogP contribution in [0.3, 0.4) is 0 Å². The molecule has 0 aliphatic carbocycles. The number of rotatable bonds is 6. The van der Waals surface area contributed by atoms with Crippen molar-refractivity contribution >= 4 is 11.5 Å². The molecule has 0 spiro atoms. The van der Waals surface area contributed by atoms with Crippen LogP contribution in [-0.4, -0.2) is 41.2 Å². The van der Waals surface area contributed by atoms with Crippen LogP contribution in [0.5, 0.6) is 0 Å². The lowest BCUT2D eigenvalue weighted by Gasteiger charge is -2.17. The second kappa shape index (κ2) is 6.60. The van der Waals surface area contributed by atoms with Crippen LogP contribution in [-0.2, 0) is 4.79 Å². The second-order valence-corrected chi connectivity index (χ2v) is 2.78. The van der Waals surface area contributed by atoms with E-state index in [0.717, 1.165) is 13.1 Å². The molecule has 0 atom stereocenters. The molecular weight excluding hydrogens is 168 g/mol. The van der Waals surface area contributed by atoms with Crippen LogP contribution in [0, 0.1) is 0 Å². The molecule has 0 aromatic rings. The number of hydrogen-bond donors (Lipinski definition) is 1. The van der Waals surface area contributed by atoms with Gasteiger partial charge in [0.1, 0.15) is 5.71 Å². The van der Waals surface area contributed by atoms with Gasteiger partial charge < -0.3 is 5.21 Å². The first-order valence-electron chi connectivity index (χ1n) is 4.65. The molecule has 4 nitrogen and oxygen atoms in total. The number of oxime groups is 1. The predicted octanol–water partition coefficient (Wildman–Crippen LogP) is 1.14. The first-order valence-corrected chi connectivity index (χ1v) is 4.65. The zero-order chi connectivity index (χ0) is 10.3. The third-order valence-electron chi connectivity index (χ3n) is 2.03. The van der Waals surface area contributed by atoms with Gasteiger partial charge in [-0.25, -0.2) is 0 Å². The van der Waals surface area contributed by atoms with Crippen LogP contribution >= 0.6 is 0 Å². The molecule has 0 radical (unpaired) electrons. The van der Waals surface area contributed by atoms with Gasteiger partial charge in [-0.05, 0) is 13.1 Å². The molecule has 0 amide bonds. The van der Waals surface area contributed by atoms with Crippen LogP contribution < -0.4 is 0 Å². The van der Waals surface area contributed by atoms with Crippen LogP contribution in [0.1, 0.15) is 27.2 Å². The third-order valence-corrected chi connectivity index (χ3v) is 2.03.